The number of amides is 3. The van der Waals surface area contributed by atoms with Gasteiger partial charge in [-0.25, -0.2) is 4.79 Å². The van der Waals surface area contributed by atoms with Gasteiger partial charge in [-0.1, -0.05) is 24.3 Å². The number of benzene rings is 1. The molecule has 0 bridgehead atoms. The van der Waals surface area contributed by atoms with Crippen molar-refractivity contribution in [2.75, 3.05) is 19.0 Å². The quantitative estimate of drug-likeness (QED) is 0.637. The van der Waals surface area contributed by atoms with E-state index in [1.165, 1.54) is 0 Å². The zero-order valence-electron chi connectivity index (χ0n) is 10.8. The molecule has 1 aliphatic rings. The van der Waals surface area contributed by atoms with Crippen molar-refractivity contribution >= 4 is 23.7 Å². The van der Waals surface area contributed by atoms with Crippen LogP contribution in [0.25, 0.3) is 6.08 Å². The molecule has 0 atom stereocenters. The number of hydrogen-bond donors (Lipinski definition) is 2. The summed E-state index contributed by atoms with van der Waals surface area (Å²) in [6.07, 6.45) is 5.16. The summed E-state index contributed by atoms with van der Waals surface area (Å²) >= 11 is 0. The third kappa shape index (κ3) is 3.22. The lowest BCUT2D eigenvalue weighted by molar-refractivity contribution is -0.115. The summed E-state index contributed by atoms with van der Waals surface area (Å²) < 4.78 is 0. The Bertz CT molecular complexity index is 557. The fraction of sp³-hybridized carbons (Fsp3) is 0.143. The maximum Gasteiger partial charge on any atom is 0.326 e. The molecule has 0 aromatic heterocycles. The summed E-state index contributed by atoms with van der Waals surface area (Å²) in [4.78, 5) is 24.2. The Kier molecular flexibility index (Phi) is 3.66. The number of nitrogens with one attached hydrogen (secondary N) is 2. The van der Waals surface area contributed by atoms with Gasteiger partial charge in [0.05, 0.1) is 0 Å². The molecule has 0 spiro atoms. The number of imide groups is 1. The highest BCUT2D eigenvalue weighted by atomic mass is 16.2. The van der Waals surface area contributed by atoms with E-state index in [2.05, 4.69) is 10.6 Å². The van der Waals surface area contributed by atoms with E-state index >= 15 is 0 Å². The van der Waals surface area contributed by atoms with Gasteiger partial charge in [0, 0.05) is 19.8 Å². The number of allylic oxidation sites excluding steroid dienone is 2. The summed E-state index contributed by atoms with van der Waals surface area (Å²) in [7, 11) is 3.97. The van der Waals surface area contributed by atoms with Crippen LogP contribution in [0.4, 0.5) is 10.5 Å². The minimum atomic E-state index is -0.486. The molecule has 1 fully saturated rings. The molecule has 1 saturated heterocycles. The first-order valence-corrected chi connectivity index (χ1v) is 5.84. The smallest absolute Gasteiger partial charge is 0.326 e. The molecule has 1 aliphatic heterocycles. The van der Waals surface area contributed by atoms with Crippen LogP contribution in [0.1, 0.15) is 5.56 Å². The molecular formula is C14H15N3O2. The predicted octanol–water partition coefficient (Wildman–Crippen LogP) is 1.49. The topological polar surface area (TPSA) is 61.4 Å². The van der Waals surface area contributed by atoms with Gasteiger partial charge in [0.1, 0.15) is 5.70 Å². The molecule has 98 valence electrons. The number of urea groups is 1. The molecule has 0 radical (unpaired) electrons. The normalized spacial score (nSPS) is 16.8. The molecule has 1 aromatic rings. The van der Waals surface area contributed by atoms with Crippen molar-refractivity contribution in [2.45, 2.75) is 0 Å². The van der Waals surface area contributed by atoms with Crippen molar-refractivity contribution in [3.8, 4) is 0 Å². The molecule has 1 aromatic carbocycles. The van der Waals surface area contributed by atoms with Gasteiger partial charge >= 0.3 is 6.03 Å². The zero-order chi connectivity index (χ0) is 13.8. The van der Waals surface area contributed by atoms with E-state index in [1.807, 2.05) is 49.3 Å². The summed E-state index contributed by atoms with van der Waals surface area (Å²) in [6, 6.07) is 7.50. The molecule has 19 heavy (non-hydrogen) atoms. The average Bonchev–Trinajstić information content (AvgIpc) is 2.68. The van der Waals surface area contributed by atoms with E-state index in [9.17, 15) is 9.59 Å². The van der Waals surface area contributed by atoms with Crippen LogP contribution in [-0.4, -0.2) is 26.0 Å². The van der Waals surface area contributed by atoms with Gasteiger partial charge < -0.3 is 10.2 Å². The highest BCUT2D eigenvalue weighted by molar-refractivity contribution is 6.11. The molecule has 1 heterocycles. The van der Waals surface area contributed by atoms with Gasteiger partial charge in [-0.05, 0) is 23.8 Å². The Morgan fingerprint density at radius 2 is 1.74 bits per heavy atom. The minimum absolute atomic E-state index is 0.256. The number of carbonyl (C=O) groups excluding carboxylic acids is 2. The lowest BCUT2D eigenvalue weighted by Gasteiger charge is -2.11. The lowest BCUT2D eigenvalue weighted by Crippen LogP contribution is -2.22. The van der Waals surface area contributed by atoms with Gasteiger partial charge in [0.15, 0.2) is 0 Å². The summed E-state index contributed by atoms with van der Waals surface area (Å²) in [5.41, 5.74) is 2.40. The Balaban J connectivity index is 2.05. The number of anilines is 1. The standard InChI is InChI=1S/C14H15N3O2/c1-17(2)11-8-6-10(7-9-11)4-3-5-12-13(18)16-14(19)15-12/h3-9H,1-2H3,(H2,15,16,18,19). The number of carbonyl (C=O) groups is 2. The summed E-state index contributed by atoms with van der Waals surface area (Å²) in [6.45, 7) is 0. The maximum atomic E-state index is 11.2. The van der Waals surface area contributed by atoms with Crippen LogP contribution in [0.2, 0.25) is 0 Å². The summed E-state index contributed by atoms with van der Waals surface area (Å²) in [5.74, 6) is -0.405. The third-order valence-corrected chi connectivity index (χ3v) is 2.68. The Labute approximate surface area is 111 Å². The van der Waals surface area contributed by atoms with Gasteiger partial charge in [0.2, 0.25) is 0 Å². The van der Waals surface area contributed by atoms with Crippen molar-refractivity contribution < 1.29 is 9.59 Å². The van der Waals surface area contributed by atoms with Crippen LogP contribution in [0.3, 0.4) is 0 Å². The van der Waals surface area contributed by atoms with Crippen molar-refractivity contribution in [1.29, 1.82) is 0 Å². The first kappa shape index (κ1) is 12.9. The van der Waals surface area contributed by atoms with Crippen molar-refractivity contribution in [1.82, 2.24) is 10.6 Å². The van der Waals surface area contributed by atoms with E-state index in [0.29, 0.717) is 0 Å². The van der Waals surface area contributed by atoms with Crippen molar-refractivity contribution in [2.24, 2.45) is 0 Å². The lowest BCUT2D eigenvalue weighted by atomic mass is 10.2. The minimum Gasteiger partial charge on any atom is -0.378 e. The molecule has 5 heteroatoms. The van der Waals surface area contributed by atoms with Gasteiger partial charge in [-0.3, -0.25) is 10.1 Å². The van der Waals surface area contributed by atoms with Crippen LogP contribution in [0.5, 0.6) is 0 Å². The van der Waals surface area contributed by atoms with E-state index < -0.39 is 11.9 Å². The molecule has 0 saturated carbocycles. The average molecular weight is 257 g/mol. The second kappa shape index (κ2) is 5.39. The maximum absolute atomic E-state index is 11.2. The Morgan fingerprint density at radius 3 is 2.26 bits per heavy atom. The first-order valence-electron chi connectivity index (χ1n) is 5.84. The Hall–Kier alpha value is -2.56. The second-order valence-electron chi connectivity index (χ2n) is 4.33. The number of rotatable bonds is 3. The number of hydrogen-bond acceptors (Lipinski definition) is 3. The molecule has 2 N–H and O–H groups in total. The van der Waals surface area contributed by atoms with Crippen molar-refractivity contribution in [3.63, 3.8) is 0 Å². The highest BCUT2D eigenvalue weighted by Gasteiger charge is 2.21. The number of nitrogens with zero attached hydrogens (tertiary/aromatic N) is 1. The molecular weight excluding hydrogens is 242 g/mol. The van der Waals surface area contributed by atoms with Crippen LogP contribution in [0, 0.1) is 0 Å². The monoisotopic (exact) mass is 257 g/mol. The molecule has 5 nitrogen and oxygen atoms in total. The SMILES string of the molecule is CN(C)c1ccc(C=CC=C2NC(=O)NC2=O)cc1. The zero-order valence-corrected chi connectivity index (χ0v) is 10.8. The van der Waals surface area contributed by atoms with Gasteiger partial charge in [0.25, 0.3) is 5.91 Å². The molecule has 0 unspecified atom stereocenters. The third-order valence-electron chi connectivity index (χ3n) is 2.68. The fourth-order valence-electron chi connectivity index (χ4n) is 1.64. The Morgan fingerprint density at radius 1 is 1.05 bits per heavy atom. The highest BCUT2D eigenvalue weighted by Crippen LogP contribution is 2.13. The van der Waals surface area contributed by atoms with Gasteiger partial charge in [-0.2, -0.15) is 0 Å². The van der Waals surface area contributed by atoms with Crippen molar-refractivity contribution in [3.05, 3.63) is 47.7 Å². The fourth-order valence-corrected chi connectivity index (χ4v) is 1.64. The van der Waals surface area contributed by atoms with Crippen LogP contribution >= 0.6 is 0 Å². The first-order chi connectivity index (χ1) is 9.06. The molecule has 2 rings (SSSR count). The second-order valence-corrected chi connectivity index (χ2v) is 4.33. The van der Waals surface area contributed by atoms with Crippen LogP contribution < -0.4 is 15.5 Å². The summed E-state index contributed by atoms with van der Waals surface area (Å²) in [5, 5.41) is 4.56. The van der Waals surface area contributed by atoms with Crippen LogP contribution in [0.15, 0.2) is 42.1 Å². The largest absolute Gasteiger partial charge is 0.378 e. The predicted molar refractivity (Wildman–Crippen MR) is 74.6 cm³/mol. The van der Waals surface area contributed by atoms with E-state index in [1.54, 1.807) is 12.2 Å². The molecule has 0 aliphatic carbocycles. The van der Waals surface area contributed by atoms with Crippen LogP contribution in [-0.2, 0) is 4.79 Å². The van der Waals surface area contributed by atoms with E-state index in [-0.39, 0.29) is 5.70 Å². The van der Waals surface area contributed by atoms with E-state index in [0.717, 1.165) is 11.3 Å². The van der Waals surface area contributed by atoms with Gasteiger partial charge in [-0.15, -0.1) is 0 Å². The molecule has 3 amide bonds. The van der Waals surface area contributed by atoms with E-state index in [4.69, 9.17) is 0 Å².